The molecular formula is C21H21NO3. The summed E-state index contributed by atoms with van der Waals surface area (Å²) in [6.45, 7) is 0.649. The molecule has 0 amide bonds. The van der Waals surface area contributed by atoms with Gasteiger partial charge in [0.2, 0.25) is 5.90 Å². The van der Waals surface area contributed by atoms with Crippen molar-refractivity contribution in [3.8, 4) is 11.5 Å². The molecule has 1 aliphatic heterocycles. The number of aliphatic imine (C=N–C) groups is 1. The molecule has 1 saturated heterocycles. The van der Waals surface area contributed by atoms with Crippen LogP contribution in [-0.4, -0.2) is 26.7 Å². The minimum Gasteiger partial charge on any atom is -0.497 e. The van der Waals surface area contributed by atoms with E-state index in [4.69, 9.17) is 14.2 Å². The van der Waals surface area contributed by atoms with Crippen molar-refractivity contribution in [3.63, 3.8) is 0 Å². The molecule has 0 radical (unpaired) electrons. The van der Waals surface area contributed by atoms with Gasteiger partial charge in [0.1, 0.15) is 17.2 Å². The summed E-state index contributed by atoms with van der Waals surface area (Å²) in [6.07, 6.45) is 6.96. The number of ether oxygens (including phenoxy) is 3. The first-order valence-corrected chi connectivity index (χ1v) is 8.16. The van der Waals surface area contributed by atoms with Crippen molar-refractivity contribution in [2.75, 3.05) is 20.8 Å². The van der Waals surface area contributed by atoms with E-state index in [1.807, 2.05) is 66.8 Å². The first kappa shape index (κ1) is 16.8. The van der Waals surface area contributed by atoms with Crippen LogP contribution in [0.15, 0.2) is 71.2 Å². The van der Waals surface area contributed by atoms with Gasteiger partial charge in [0.25, 0.3) is 0 Å². The Morgan fingerprint density at radius 2 is 1.80 bits per heavy atom. The van der Waals surface area contributed by atoms with Gasteiger partial charge in [0, 0.05) is 12.0 Å². The van der Waals surface area contributed by atoms with E-state index in [1.165, 1.54) is 0 Å². The van der Waals surface area contributed by atoms with Crippen LogP contribution in [-0.2, 0) is 4.74 Å². The molecule has 2 aromatic rings. The molecule has 4 heteroatoms. The Kier molecular flexibility index (Phi) is 5.52. The fourth-order valence-corrected chi connectivity index (χ4v) is 2.54. The maximum absolute atomic E-state index is 5.68. The van der Waals surface area contributed by atoms with Crippen LogP contribution < -0.4 is 9.47 Å². The number of rotatable bonds is 5. The molecule has 0 spiro atoms. The summed E-state index contributed by atoms with van der Waals surface area (Å²) in [5.41, 5.74) is 2.96. The third-order valence-corrected chi connectivity index (χ3v) is 3.89. The number of benzene rings is 2. The van der Waals surface area contributed by atoms with E-state index in [9.17, 15) is 0 Å². The van der Waals surface area contributed by atoms with Gasteiger partial charge in [0.05, 0.1) is 20.8 Å². The first-order chi connectivity index (χ1) is 12.3. The Morgan fingerprint density at radius 1 is 1.00 bits per heavy atom. The largest absolute Gasteiger partial charge is 0.497 e. The smallest absolute Gasteiger partial charge is 0.217 e. The normalized spacial score (nSPS) is 17.2. The van der Waals surface area contributed by atoms with Crippen molar-refractivity contribution in [2.24, 2.45) is 4.99 Å². The average Bonchev–Trinajstić information content (AvgIpc) is 3.10. The van der Waals surface area contributed by atoms with Crippen molar-refractivity contribution in [2.45, 2.75) is 6.42 Å². The van der Waals surface area contributed by atoms with Gasteiger partial charge in [0.15, 0.2) is 0 Å². The van der Waals surface area contributed by atoms with Gasteiger partial charge in [-0.2, -0.15) is 0 Å². The summed E-state index contributed by atoms with van der Waals surface area (Å²) >= 11 is 0. The highest BCUT2D eigenvalue weighted by Gasteiger charge is 2.17. The van der Waals surface area contributed by atoms with Crippen molar-refractivity contribution in [1.29, 1.82) is 0 Å². The predicted octanol–water partition coefficient (Wildman–Crippen LogP) is 4.79. The van der Waals surface area contributed by atoms with E-state index < -0.39 is 0 Å². The van der Waals surface area contributed by atoms with Crippen LogP contribution in [0.3, 0.4) is 0 Å². The molecule has 1 fully saturated rings. The molecule has 0 unspecified atom stereocenters. The third-order valence-electron chi connectivity index (χ3n) is 3.89. The second-order valence-electron chi connectivity index (χ2n) is 5.51. The molecule has 0 bridgehead atoms. The van der Waals surface area contributed by atoms with Crippen LogP contribution >= 0.6 is 0 Å². The predicted molar refractivity (Wildman–Crippen MR) is 101 cm³/mol. The minimum absolute atomic E-state index is 0.649. The lowest BCUT2D eigenvalue weighted by Gasteiger charge is -2.05. The van der Waals surface area contributed by atoms with E-state index in [2.05, 4.69) is 4.99 Å². The Balaban J connectivity index is 1.77. The van der Waals surface area contributed by atoms with Gasteiger partial charge in [-0.1, -0.05) is 42.5 Å². The quantitative estimate of drug-likeness (QED) is 0.788. The highest BCUT2D eigenvalue weighted by atomic mass is 16.5. The van der Waals surface area contributed by atoms with Crippen molar-refractivity contribution >= 4 is 17.7 Å². The molecule has 25 heavy (non-hydrogen) atoms. The van der Waals surface area contributed by atoms with Crippen LogP contribution in [0.5, 0.6) is 11.5 Å². The molecule has 0 N–H and O–H groups in total. The van der Waals surface area contributed by atoms with Crippen molar-refractivity contribution in [1.82, 2.24) is 0 Å². The van der Waals surface area contributed by atoms with E-state index in [-0.39, 0.29) is 0 Å². The molecule has 1 aliphatic rings. The summed E-state index contributed by atoms with van der Waals surface area (Å²) in [5, 5.41) is 0. The van der Waals surface area contributed by atoms with Crippen molar-refractivity contribution < 1.29 is 14.2 Å². The number of nitrogens with zero attached hydrogens (tertiary/aromatic N) is 1. The minimum atomic E-state index is 0.649. The zero-order valence-electron chi connectivity index (χ0n) is 14.4. The van der Waals surface area contributed by atoms with Gasteiger partial charge in [-0.3, -0.25) is 0 Å². The van der Waals surface area contributed by atoms with Crippen LogP contribution in [0.2, 0.25) is 0 Å². The SMILES string of the molecule is COc1ccc(/C=C/C=C2\CCOC2=Nc2ccccc2OC)cc1. The first-order valence-electron chi connectivity index (χ1n) is 8.16. The average molecular weight is 335 g/mol. The van der Waals surface area contributed by atoms with E-state index >= 15 is 0 Å². The van der Waals surface area contributed by atoms with Crippen LogP contribution in [0.4, 0.5) is 5.69 Å². The highest BCUT2D eigenvalue weighted by Crippen LogP contribution is 2.29. The van der Waals surface area contributed by atoms with Gasteiger partial charge < -0.3 is 14.2 Å². The van der Waals surface area contributed by atoms with Crippen LogP contribution in [0.1, 0.15) is 12.0 Å². The highest BCUT2D eigenvalue weighted by molar-refractivity contribution is 5.97. The maximum Gasteiger partial charge on any atom is 0.217 e. The molecule has 0 atom stereocenters. The van der Waals surface area contributed by atoms with E-state index in [0.29, 0.717) is 12.5 Å². The molecule has 128 valence electrons. The lowest BCUT2D eigenvalue weighted by molar-refractivity contribution is 0.343. The Labute approximate surface area is 148 Å². The second kappa shape index (κ2) is 8.20. The fraction of sp³-hybridized carbons (Fsp3) is 0.190. The zero-order chi connectivity index (χ0) is 17.5. The summed E-state index contributed by atoms with van der Waals surface area (Å²) in [5.74, 6) is 2.24. The van der Waals surface area contributed by atoms with Crippen LogP contribution in [0, 0.1) is 0 Å². The summed E-state index contributed by atoms with van der Waals surface area (Å²) < 4.78 is 16.2. The summed E-state index contributed by atoms with van der Waals surface area (Å²) in [4.78, 5) is 4.61. The number of allylic oxidation sites excluding steroid dienone is 2. The van der Waals surface area contributed by atoms with E-state index in [0.717, 1.165) is 34.7 Å². The maximum atomic E-state index is 5.68. The molecule has 0 aromatic heterocycles. The third kappa shape index (κ3) is 4.29. The topological polar surface area (TPSA) is 40.0 Å². The van der Waals surface area contributed by atoms with Gasteiger partial charge in [-0.25, -0.2) is 4.99 Å². The molecule has 3 rings (SSSR count). The molecule has 0 saturated carbocycles. The van der Waals surface area contributed by atoms with E-state index in [1.54, 1.807) is 14.2 Å². The lowest BCUT2D eigenvalue weighted by Crippen LogP contribution is -1.96. The van der Waals surface area contributed by atoms with Gasteiger partial charge in [-0.15, -0.1) is 0 Å². The fourth-order valence-electron chi connectivity index (χ4n) is 2.54. The molecule has 4 nitrogen and oxygen atoms in total. The Morgan fingerprint density at radius 3 is 2.56 bits per heavy atom. The zero-order valence-corrected chi connectivity index (χ0v) is 14.4. The summed E-state index contributed by atoms with van der Waals surface area (Å²) in [7, 11) is 3.31. The number of hydrogen-bond acceptors (Lipinski definition) is 4. The second-order valence-corrected chi connectivity index (χ2v) is 5.51. The summed E-state index contributed by atoms with van der Waals surface area (Å²) in [6, 6.07) is 15.6. The van der Waals surface area contributed by atoms with Gasteiger partial charge >= 0.3 is 0 Å². The molecular weight excluding hydrogens is 314 g/mol. The lowest BCUT2D eigenvalue weighted by atomic mass is 10.1. The Bertz CT molecular complexity index is 804. The molecule has 1 heterocycles. The van der Waals surface area contributed by atoms with Gasteiger partial charge in [-0.05, 0) is 29.8 Å². The van der Waals surface area contributed by atoms with Crippen LogP contribution in [0.25, 0.3) is 6.08 Å². The number of hydrogen-bond donors (Lipinski definition) is 0. The standard InChI is InChI=1S/C21H21NO3/c1-23-18-12-10-16(11-13-18)6-5-7-17-14-15-25-21(17)22-19-8-3-4-9-20(19)24-2/h3-13H,14-15H2,1-2H3/b6-5+,17-7+,22-21?. The number of methoxy groups -OCH3 is 2. The molecule has 0 aliphatic carbocycles. The monoisotopic (exact) mass is 335 g/mol. The van der Waals surface area contributed by atoms with Crippen molar-refractivity contribution in [3.05, 3.63) is 71.8 Å². The number of para-hydroxylation sites is 2. The molecule has 2 aromatic carbocycles. The Hall–Kier alpha value is -3.01.